The molecule has 3 nitrogen and oxygen atoms in total. The van der Waals surface area contributed by atoms with Crippen molar-refractivity contribution in [1.82, 2.24) is 4.98 Å². The topological polar surface area (TPSA) is 31.4 Å². The van der Waals surface area contributed by atoms with Crippen LogP contribution >= 0.6 is 11.6 Å². The number of aryl methyl sites for hydroxylation is 1. The molecule has 112 valence electrons. The number of nitrogens with zero attached hydrogens (tertiary/aromatic N) is 1. The van der Waals surface area contributed by atoms with Crippen LogP contribution in [0.3, 0.4) is 0 Å². The highest BCUT2D eigenvalue weighted by Gasteiger charge is 2.11. The molecule has 0 radical (unpaired) electrons. The molecule has 5 heteroatoms. The van der Waals surface area contributed by atoms with E-state index in [4.69, 9.17) is 21.1 Å². The summed E-state index contributed by atoms with van der Waals surface area (Å²) in [5, 5.41) is 0. The Balaban J connectivity index is 2.17. The molecule has 0 aliphatic carbocycles. The number of hydrogen-bond donors (Lipinski definition) is 0. The zero-order chi connectivity index (χ0) is 15.4. The Morgan fingerprint density at radius 2 is 2.05 bits per heavy atom. The van der Waals surface area contributed by atoms with E-state index in [0.29, 0.717) is 5.56 Å². The van der Waals surface area contributed by atoms with E-state index in [9.17, 15) is 4.39 Å². The highest BCUT2D eigenvalue weighted by molar-refractivity contribution is 6.17. The largest absolute Gasteiger partial charge is 0.496 e. The van der Waals surface area contributed by atoms with Crippen LogP contribution in [0.15, 0.2) is 24.4 Å². The number of pyridine rings is 1. The van der Waals surface area contributed by atoms with Gasteiger partial charge in [0.05, 0.1) is 12.8 Å². The Morgan fingerprint density at radius 1 is 1.29 bits per heavy atom. The number of ether oxygens (including phenoxy) is 2. The van der Waals surface area contributed by atoms with E-state index < -0.39 is 5.82 Å². The molecule has 0 N–H and O–H groups in total. The molecule has 21 heavy (non-hydrogen) atoms. The maximum Gasteiger partial charge on any atom is 0.165 e. The standard InChI is InChI=1S/C16H17ClFNO2/c1-10-8-19-14(11(2)16(10)20-3)9-21-15-5-4-12(7-17)6-13(15)18/h4-6,8H,7,9H2,1-3H3. The smallest absolute Gasteiger partial charge is 0.165 e. The fourth-order valence-corrected chi connectivity index (χ4v) is 2.27. The second-order valence-electron chi connectivity index (χ2n) is 4.73. The Labute approximate surface area is 128 Å². The first-order valence-electron chi connectivity index (χ1n) is 6.53. The van der Waals surface area contributed by atoms with Crippen LogP contribution in [0.1, 0.15) is 22.4 Å². The van der Waals surface area contributed by atoms with E-state index in [1.807, 2.05) is 13.8 Å². The molecule has 1 heterocycles. The van der Waals surface area contributed by atoms with E-state index in [1.54, 1.807) is 25.4 Å². The van der Waals surface area contributed by atoms with E-state index in [1.165, 1.54) is 6.07 Å². The Morgan fingerprint density at radius 3 is 2.67 bits per heavy atom. The first-order chi connectivity index (χ1) is 10.1. The van der Waals surface area contributed by atoms with Crippen LogP contribution in [0.5, 0.6) is 11.5 Å². The van der Waals surface area contributed by atoms with Gasteiger partial charge in [-0.1, -0.05) is 6.07 Å². The normalized spacial score (nSPS) is 10.5. The van der Waals surface area contributed by atoms with Crippen molar-refractivity contribution >= 4 is 11.6 Å². The number of aromatic nitrogens is 1. The van der Waals surface area contributed by atoms with Crippen LogP contribution in [0.2, 0.25) is 0 Å². The summed E-state index contributed by atoms with van der Waals surface area (Å²) in [5.41, 5.74) is 3.29. The van der Waals surface area contributed by atoms with Gasteiger partial charge in [-0.25, -0.2) is 4.39 Å². The van der Waals surface area contributed by atoms with Crippen molar-refractivity contribution in [2.24, 2.45) is 0 Å². The lowest BCUT2D eigenvalue weighted by Crippen LogP contribution is -2.05. The summed E-state index contributed by atoms with van der Waals surface area (Å²) < 4.78 is 24.7. The lowest BCUT2D eigenvalue weighted by molar-refractivity contribution is 0.283. The predicted octanol–water partition coefficient (Wildman–Crippen LogP) is 4.16. The van der Waals surface area contributed by atoms with Gasteiger partial charge in [0, 0.05) is 23.2 Å². The molecule has 0 fully saturated rings. The first kappa shape index (κ1) is 15.6. The summed E-state index contributed by atoms with van der Waals surface area (Å²) in [6.07, 6.45) is 1.72. The van der Waals surface area contributed by atoms with Crippen molar-refractivity contribution in [2.75, 3.05) is 7.11 Å². The number of alkyl halides is 1. The van der Waals surface area contributed by atoms with Crippen LogP contribution in [-0.2, 0) is 12.5 Å². The first-order valence-corrected chi connectivity index (χ1v) is 7.06. The van der Waals surface area contributed by atoms with Crippen molar-refractivity contribution in [1.29, 1.82) is 0 Å². The SMILES string of the molecule is COc1c(C)cnc(COc2ccc(CCl)cc2F)c1C. The molecule has 1 aromatic heterocycles. The molecule has 0 unspecified atom stereocenters. The summed E-state index contributed by atoms with van der Waals surface area (Å²) >= 11 is 5.66. The third kappa shape index (κ3) is 3.45. The molecule has 0 amide bonds. The van der Waals surface area contributed by atoms with Crippen molar-refractivity contribution in [3.63, 3.8) is 0 Å². The number of hydrogen-bond acceptors (Lipinski definition) is 3. The van der Waals surface area contributed by atoms with Crippen LogP contribution in [0.25, 0.3) is 0 Å². The molecule has 2 aromatic rings. The van der Waals surface area contributed by atoms with Gasteiger partial charge in [-0.3, -0.25) is 4.98 Å². The molecular weight excluding hydrogens is 293 g/mol. The van der Waals surface area contributed by atoms with E-state index >= 15 is 0 Å². The molecule has 2 rings (SSSR count). The van der Waals surface area contributed by atoms with Crippen molar-refractivity contribution in [2.45, 2.75) is 26.3 Å². The Hall–Kier alpha value is -1.81. The van der Waals surface area contributed by atoms with Crippen molar-refractivity contribution < 1.29 is 13.9 Å². The molecule has 0 aliphatic rings. The fourth-order valence-electron chi connectivity index (χ4n) is 2.11. The molecule has 1 aromatic carbocycles. The zero-order valence-corrected chi connectivity index (χ0v) is 13.0. The number of methoxy groups -OCH3 is 1. The molecule has 0 spiro atoms. The Kier molecular flexibility index (Phi) is 5.02. The van der Waals surface area contributed by atoms with Gasteiger partial charge in [-0.2, -0.15) is 0 Å². The second-order valence-corrected chi connectivity index (χ2v) is 5.00. The number of halogens is 2. The highest BCUT2D eigenvalue weighted by Crippen LogP contribution is 2.26. The maximum absolute atomic E-state index is 13.8. The highest BCUT2D eigenvalue weighted by atomic mass is 35.5. The van der Waals surface area contributed by atoms with E-state index in [-0.39, 0.29) is 18.2 Å². The zero-order valence-electron chi connectivity index (χ0n) is 12.2. The lowest BCUT2D eigenvalue weighted by Gasteiger charge is -2.13. The quantitative estimate of drug-likeness (QED) is 0.777. The summed E-state index contributed by atoms with van der Waals surface area (Å²) in [5.74, 6) is 0.809. The monoisotopic (exact) mass is 309 g/mol. The third-order valence-corrected chi connectivity index (χ3v) is 3.57. The summed E-state index contributed by atoms with van der Waals surface area (Å²) in [4.78, 5) is 4.32. The van der Waals surface area contributed by atoms with Crippen LogP contribution < -0.4 is 9.47 Å². The summed E-state index contributed by atoms with van der Waals surface area (Å²) in [7, 11) is 1.62. The molecule has 0 aliphatic heterocycles. The maximum atomic E-state index is 13.8. The molecular formula is C16H17ClFNO2. The second kappa shape index (κ2) is 6.76. The van der Waals surface area contributed by atoms with Gasteiger partial charge >= 0.3 is 0 Å². The summed E-state index contributed by atoms with van der Waals surface area (Å²) in [6, 6.07) is 4.69. The van der Waals surface area contributed by atoms with Crippen LogP contribution in [-0.4, -0.2) is 12.1 Å². The van der Waals surface area contributed by atoms with Gasteiger partial charge in [0.2, 0.25) is 0 Å². The van der Waals surface area contributed by atoms with Crippen LogP contribution in [0.4, 0.5) is 4.39 Å². The minimum atomic E-state index is -0.426. The van der Waals surface area contributed by atoms with Crippen LogP contribution in [0, 0.1) is 19.7 Å². The van der Waals surface area contributed by atoms with Crippen molar-refractivity contribution in [3.8, 4) is 11.5 Å². The lowest BCUT2D eigenvalue weighted by atomic mass is 10.1. The molecule has 0 bridgehead atoms. The van der Waals surface area contributed by atoms with E-state index in [0.717, 1.165) is 22.6 Å². The molecule has 0 saturated heterocycles. The van der Waals surface area contributed by atoms with Crippen molar-refractivity contribution in [3.05, 3.63) is 52.6 Å². The van der Waals surface area contributed by atoms with Gasteiger partial charge in [0.15, 0.2) is 11.6 Å². The minimum Gasteiger partial charge on any atom is -0.496 e. The Bertz CT molecular complexity index is 646. The number of benzene rings is 1. The fraction of sp³-hybridized carbons (Fsp3) is 0.312. The number of rotatable bonds is 5. The predicted molar refractivity (Wildman–Crippen MR) is 80.6 cm³/mol. The average molecular weight is 310 g/mol. The third-order valence-electron chi connectivity index (χ3n) is 3.26. The van der Waals surface area contributed by atoms with Gasteiger partial charge in [0.25, 0.3) is 0 Å². The van der Waals surface area contributed by atoms with Gasteiger partial charge in [-0.05, 0) is 31.5 Å². The minimum absolute atomic E-state index is 0.180. The average Bonchev–Trinajstić information content (AvgIpc) is 2.48. The molecule has 0 atom stereocenters. The van der Waals surface area contributed by atoms with E-state index in [2.05, 4.69) is 4.98 Å². The summed E-state index contributed by atoms with van der Waals surface area (Å²) in [6.45, 7) is 4.01. The van der Waals surface area contributed by atoms with Gasteiger partial charge in [-0.15, -0.1) is 11.6 Å². The van der Waals surface area contributed by atoms with Gasteiger partial charge < -0.3 is 9.47 Å². The van der Waals surface area contributed by atoms with Gasteiger partial charge in [0.1, 0.15) is 12.4 Å². The molecule has 0 saturated carbocycles.